The van der Waals surface area contributed by atoms with E-state index < -0.39 is 17.7 Å². The number of ether oxygens (including phenoxy) is 2. The van der Waals surface area contributed by atoms with Crippen LogP contribution >= 0.6 is 0 Å². The molecule has 0 unspecified atom stereocenters. The Morgan fingerprint density at radius 2 is 1.77 bits per heavy atom. The van der Waals surface area contributed by atoms with Gasteiger partial charge >= 0.3 is 12.1 Å². The molecule has 0 saturated heterocycles. The molecular weight excluding hydrogens is 172 g/mol. The quantitative estimate of drug-likeness (QED) is 0.492. The third-order valence-electron chi connectivity index (χ3n) is 1.04. The largest absolute Gasteiger partial charge is 0.516 e. The maximum atomic E-state index is 10.9. The minimum absolute atomic E-state index is 0.235. The first-order chi connectivity index (χ1) is 5.85. The van der Waals surface area contributed by atoms with Crippen LogP contribution in [0.1, 0.15) is 40.5 Å². The first kappa shape index (κ1) is 11.9. The third kappa shape index (κ3) is 7.31. The summed E-state index contributed by atoms with van der Waals surface area (Å²) in [7, 11) is 0. The van der Waals surface area contributed by atoms with Crippen LogP contribution in [0.15, 0.2) is 0 Å². The van der Waals surface area contributed by atoms with Crippen molar-refractivity contribution in [3.05, 3.63) is 0 Å². The van der Waals surface area contributed by atoms with Crippen LogP contribution in [0.25, 0.3) is 0 Å². The molecule has 0 rings (SSSR count). The summed E-state index contributed by atoms with van der Waals surface area (Å²) in [6, 6.07) is 0. The van der Waals surface area contributed by atoms with E-state index in [2.05, 4.69) is 4.74 Å². The molecule has 0 N–H and O–H groups in total. The zero-order chi connectivity index (χ0) is 10.5. The average molecular weight is 188 g/mol. The molecule has 0 aromatic rings. The summed E-state index contributed by atoms with van der Waals surface area (Å²) in [6.07, 6.45) is -0.0353. The fourth-order valence-electron chi connectivity index (χ4n) is 0.619. The van der Waals surface area contributed by atoms with Crippen molar-refractivity contribution in [1.29, 1.82) is 0 Å². The average Bonchev–Trinajstić information content (AvgIpc) is 1.81. The van der Waals surface area contributed by atoms with Gasteiger partial charge in [-0.05, 0) is 27.2 Å². The Morgan fingerprint density at radius 1 is 1.23 bits per heavy atom. The Bertz CT molecular complexity index is 190. The second kappa shape index (κ2) is 4.84. The van der Waals surface area contributed by atoms with Crippen molar-refractivity contribution in [3.63, 3.8) is 0 Å². The number of rotatable bonds is 2. The van der Waals surface area contributed by atoms with Gasteiger partial charge in [-0.3, -0.25) is 4.79 Å². The lowest BCUT2D eigenvalue weighted by molar-refractivity contribution is -0.141. The van der Waals surface area contributed by atoms with E-state index in [-0.39, 0.29) is 6.42 Å². The SMILES string of the molecule is CCCC(=O)OC(=O)OC(C)(C)C. The van der Waals surface area contributed by atoms with E-state index in [1.54, 1.807) is 20.8 Å². The monoisotopic (exact) mass is 188 g/mol. The van der Waals surface area contributed by atoms with Gasteiger partial charge in [0.25, 0.3) is 0 Å². The lowest BCUT2D eigenvalue weighted by atomic mass is 10.2. The Kier molecular flexibility index (Phi) is 4.45. The van der Waals surface area contributed by atoms with Gasteiger partial charge in [0.15, 0.2) is 0 Å². The second-order valence-electron chi connectivity index (χ2n) is 3.69. The molecule has 4 nitrogen and oxygen atoms in total. The highest BCUT2D eigenvalue weighted by Crippen LogP contribution is 2.08. The normalized spacial score (nSPS) is 10.8. The molecule has 0 radical (unpaired) electrons. The van der Waals surface area contributed by atoms with Crippen molar-refractivity contribution in [2.45, 2.75) is 46.1 Å². The summed E-state index contributed by atoms with van der Waals surface area (Å²) in [6.45, 7) is 6.95. The van der Waals surface area contributed by atoms with Crippen LogP contribution in [0, 0.1) is 0 Å². The summed E-state index contributed by atoms with van der Waals surface area (Å²) in [5.41, 5.74) is -0.621. The standard InChI is InChI=1S/C9H16O4/c1-5-6-7(10)12-8(11)13-9(2,3)4/h5-6H2,1-4H3. The van der Waals surface area contributed by atoms with Gasteiger partial charge in [-0.25, -0.2) is 4.79 Å². The minimum atomic E-state index is -0.925. The first-order valence-electron chi connectivity index (χ1n) is 4.29. The molecule has 0 saturated carbocycles. The van der Waals surface area contributed by atoms with Crippen molar-refractivity contribution in [2.24, 2.45) is 0 Å². The van der Waals surface area contributed by atoms with E-state index >= 15 is 0 Å². The Balaban J connectivity index is 3.82. The van der Waals surface area contributed by atoms with Crippen LogP contribution in [-0.4, -0.2) is 17.7 Å². The molecule has 0 atom stereocenters. The lowest BCUT2D eigenvalue weighted by Crippen LogP contribution is -2.26. The lowest BCUT2D eigenvalue weighted by Gasteiger charge is -2.17. The maximum Gasteiger partial charge on any atom is 0.516 e. The number of carbonyl (C=O) groups excluding carboxylic acids is 2. The number of carbonyl (C=O) groups is 2. The van der Waals surface area contributed by atoms with Gasteiger partial charge in [0.05, 0.1) is 0 Å². The molecule has 76 valence electrons. The minimum Gasteiger partial charge on any atom is -0.428 e. The molecule has 4 heteroatoms. The van der Waals surface area contributed by atoms with Crippen molar-refractivity contribution in [3.8, 4) is 0 Å². The smallest absolute Gasteiger partial charge is 0.428 e. The molecule has 0 aromatic heterocycles. The predicted octanol–water partition coefficient (Wildman–Crippen LogP) is 2.26. The summed E-state index contributed by atoms with van der Waals surface area (Å²) in [5.74, 6) is -0.545. The van der Waals surface area contributed by atoms with Crippen LogP contribution in [-0.2, 0) is 14.3 Å². The Labute approximate surface area is 78.2 Å². The number of hydrogen-bond acceptors (Lipinski definition) is 4. The van der Waals surface area contributed by atoms with Crippen LogP contribution in [0.3, 0.4) is 0 Å². The van der Waals surface area contributed by atoms with Gasteiger partial charge in [0.2, 0.25) is 0 Å². The topological polar surface area (TPSA) is 52.6 Å². The van der Waals surface area contributed by atoms with Gasteiger partial charge < -0.3 is 9.47 Å². The van der Waals surface area contributed by atoms with Crippen LogP contribution in [0.4, 0.5) is 4.79 Å². The molecule has 0 heterocycles. The fraction of sp³-hybridized carbons (Fsp3) is 0.778. The van der Waals surface area contributed by atoms with E-state index in [1.165, 1.54) is 0 Å². The van der Waals surface area contributed by atoms with E-state index in [1.807, 2.05) is 6.92 Å². The van der Waals surface area contributed by atoms with Gasteiger partial charge in [-0.15, -0.1) is 0 Å². The van der Waals surface area contributed by atoms with Crippen molar-refractivity contribution >= 4 is 12.1 Å². The summed E-state index contributed by atoms with van der Waals surface area (Å²) in [4.78, 5) is 21.7. The van der Waals surface area contributed by atoms with E-state index in [0.717, 1.165) is 0 Å². The van der Waals surface area contributed by atoms with Gasteiger partial charge in [0, 0.05) is 6.42 Å². The molecule has 0 bridgehead atoms. The highest BCUT2D eigenvalue weighted by molar-refractivity contribution is 5.81. The molecule has 0 amide bonds. The van der Waals surface area contributed by atoms with Crippen molar-refractivity contribution in [2.75, 3.05) is 0 Å². The Morgan fingerprint density at radius 3 is 2.15 bits per heavy atom. The number of hydrogen-bond donors (Lipinski definition) is 0. The highest BCUT2D eigenvalue weighted by atomic mass is 16.7. The van der Waals surface area contributed by atoms with Crippen LogP contribution in [0.2, 0.25) is 0 Å². The van der Waals surface area contributed by atoms with Crippen LogP contribution in [0.5, 0.6) is 0 Å². The number of esters is 1. The summed E-state index contributed by atoms with van der Waals surface area (Å²) < 4.78 is 9.14. The zero-order valence-electron chi connectivity index (χ0n) is 8.55. The Hall–Kier alpha value is -1.06. The zero-order valence-corrected chi connectivity index (χ0v) is 8.55. The second-order valence-corrected chi connectivity index (χ2v) is 3.69. The highest BCUT2D eigenvalue weighted by Gasteiger charge is 2.19. The molecule has 0 aromatic carbocycles. The van der Waals surface area contributed by atoms with Gasteiger partial charge in [0.1, 0.15) is 5.60 Å². The molecule has 0 aliphatic rings. The predicted molar refractivity (Wildman–Crippen MR) is 47.2 cm³/mol. The van der Waals surface area contributed by atoms with Crippen molar-refractivity contribution < 1.29 is 19.1 Å². The van der Waals surface area contributed by atoms with Gasteiger partial charge in [-0.2, -0.15) is 0 Å². The van der Waals surface area contributed by atoms with Crippen molar-refractivity contribution in [1.82, 2.24) is 0 Å². The van der Waals surface area contributed by atoms with E-state index in [4.69, 9.17) is 4.74 Å². The van der Waals surface area contributed by atoms with E-state index in [0.29, 0.717) is 6.42 Å². The van der Waals surface area contributed by atoms with E-state index in [9.17, 15) is 9.59 Å². The molecule has 0 aliphatic heterocycles. The summed E-state index contributed by atoms with van der Waals surface area (Å²) >= 11 is 0. The van der Waals surface area contributed by atoms with Gasteiger partial charge in [-0.1, -0.05) is 6.92 Å². The molecule has 0 spiro atoms. The maximum absolute atomic E-state index is 10.9. The molecule has 0 fully saturated rings. The molecule has 0 aliphatic carbocycles. The molecular formula is C9H16O4. The third-order valence-corrected chi connectivity index (χ3v) is 1.04. The van der Waals surface area contributed by atoms with Crippen LogP contribution < -0.4 is 0 Å². The first-order valence-corrected chi connectivity index (χ1v) is 4.29. The summed E-state index contributed by atoms with van der Waals surface area (Å²) in [5, 5.41) is 0. The fourth-order valence-corrected chi connectivity index (χ4v) is 0.619. The molecule has 13 heavy (non-hydrogen) atoms.